The fourth-order valence-corrected chi connectivity index (χ4v) is 1.87. The maximum Gasteiger partial charge on any atom is 0.332 e. The van der Waals surface area contributed by atoms with E-state index in [-0.39, 0.29) is 25.6 Å². The standard InChI is InChI=1S/C11H21N3O5/c15-8-7-13-3-5-14(6-4-13)11(19)12-2-1-9(16)10(17)18/h9,15-16H,1-8H2,(H,12,19)(H,17,18). The Morgan fingerprint density at radius 3 is 2.37 bits per heavy atom. The number of hydrogen-bond donors (Lipinski definition) is 4. The highest BCUT2D eigenvalue weighted by atomic mass is 16.4. The Morgan fingerprint density at radius 1 is 1.21 bits per heavy atom. The molecular weight excluding hydrogens is 254 g/mol. The monoisotopic (exact) mass is 275 g/mol. The van der Waals surface area contributed by atoms with Gasteiger partial charge in [0.25, 0.3) is 0 Å². The van der Waals surface area contributed by atoms with E-state index in [0.717, 1.165) is 0 Å². The Labute approximate surface area is 111 Å². The van der Waals surface area contributed by atoms with Crippen LogP contribution in [0.2, 0.25) is 0 Å². The van der Waals surface area contributed by atoms with Crippen LogP contribution < -0.4 is 5.32 Å². The number of aliphatic hydroxyl groups is 2. The van der Waals surface area contributed by atoms with E-state index in [1.54, 1.807) is 4.90 Å². The van der Waals surface area contributed by atoms with Gasteiger partial charge in [0.15, 0.2) is 6.10 Å². The topological polar surface area (TPSA) is 113 Å². The van der Waals surface area contributed by atoms with Crippen molar-refractivity contribution in [2.75, 3.05) is 45.9 Å². The van der Waals surface area contributed by atoms with Gasteiger partial charge in [-0.05, 0) is 0 Å². The summed E-state index contributed by atoms with van der Waals surface area (Å²) in [6.45, 7) is 3.43. The first-order valence-electron chi connectivity index (χ1n) is 6.31. The highest BCUT2D eigenvalue weighted by molar-refractivity contribution is 5.74. The zero-order valence-electron chi connectivity index (χ0n) is 10.8. The Bertz CT molecular complexity index is 305. The third-order valence-electron chi connectivity index (χ3n) is 3.05. The van der Waals surface area contributed by atoms with Gasteiger partial charge in [0.05, 0.1) is 6.61 Å². The number of carboxylic acid groups (broad SMARTS) is 1. The van der Waals surface area contributed by atoms with Crippen LogP contribution in [-0.2, 0) is 4.79 Å². The van der Waals surface area contributed by atoms with Gasteiger partial charge in [-0.3, -0.25) is 4.90 Å². The van der Waals surface area contributed by atoms with Crippen LogP contribution in [-0.4, -0.2) is 89.1 Å². The molecule has 19 heavy (non-hydrogen) atoms. The van der Waals surface area contributed by atoms with Crippen LogP contribution in [0.15, 0.2) is 0 Å². The van der Waals surface area contributed by atoms with Crippen LogP contribution in [0, 0.1) is 0 Å². The molecule has 0 radical (unpaired) electrons. The number of aliphatic hydroxyl groups excluding tert-OH is 2. The van der Waals surface area contributed by atoms with E-state index in [9.17, 15) is 9.59 Å². The number of piperazine rings is 1. The maximum absolute atomic E-state index is 11.7. The minimum Gasteiger partial charge on any atom is -0.479 e. The highest BCUT2D eigenvalue weighted by Gasteiger charge is 2.20. The molecule has 8 nitrogen and oxygen atoms in total. The van der Waals surface area contributed by atoms with Crippen molar-refractivity contribution in [2.45, 2.75) is 12.5 Å². The maximum atomic E-state index is 11.7. The van der Waals surface area contributed by atoms with Crippen LogP contribution in [0.3, 0.4) is 0 Å². The van der Waals surface area contributed by atoms with Crippen LogP contribution >= 0.6 is 0 Å². The number of carbonyl (C=O) groups is 2. The van der Waals surface area contributed by atoms with Gasteiger partial charge in [-0.25, -0.2) is 9.59 Å². The molecule has 1 saturated heterocycles. The molecule has 2 amide bonds. The van der Waals surface area contributed by atoms with Crippen molar-refractivity contribution in [3.05, 3.63) is 0 Å². The van der Waals surface area contributed by atoms with Crippen molar-refractivity contribution in [3.63, 3.8) is 0 Å². The fourth-order valence-electron chi connectivity index (χ4n) is 1.87. The summed E-state index contributed by atoms with van der Waals surface area (Å²) in [5.74, 6) is -1.29. The summed E-state index contributed by atoms with van der Waals surface area (Å²) >= 11 is 0. The van der Waals surface area contributed by atoms with Crippen molar-refractivity contribution in [1.29, 1.82) is 0 Å². The van der Waals surface area contributed by atoms with E-state index in [1.165, 1.54) is 0 Å². The molecule has 1 fully saturated rings. The van der Waals surface area contributed by atoms with Crippen molar-refractivity contribution < 1.29 is 24.9 Å². The zero-order valence-corrected chi connectivity index (χ0v) is 10.8. The molecule has 1 unspecified atom stereocenters. The first kappa shape index (κ1) is 15.7. The van der Waals surface area contributed by atoms with Gasteiger partial charge in [0.1, 0.15) is 0 Å². The second kappa shape index (κ2) is 7.93. The Morgan fingerprint density at radius 2 is 1.84 bits per heavy atom. The first-order chi connectivity index (χ1) is 9.04. The lowest BCUT2D eigenvalue weighted by Crippen LogP contribution is -2.52. The number of rotatable bonds is 6. The van der Waals surface area contributed by atoms with Crippen molar-refractivity contribution >= 4 is 12.0 Å². The Hall–Kier alpha value is -1.38. The summed E-state index contributed by atoms with van der Waals surface area (Å²) < 4.78 is 0. The molecule has 0 saturated carbocycles. The number of aliphatic carboxylic acids is 1. The quantitative estimate of drug-likeness (QED) is 0.452. The summed E-state index contributed by atoms with van der Waals surface area (Å²) in [5, 5.41) is 28.9. The molecule has 1 aliphatic rings. The molecule has 0 aromatic carbocycles. The Balaban J connectivity index is 2.19. The van der Waals surface area contributed by atoms with Gasteiger partial charge in [-0.15, -0.1) is 0 Å². The van der Waals surface area contributed by atoms with Gasteiger partial charge < -0.3 is 25.5 Å². The molecular formula is C11H21N3O5. The van der Waals surface area contributed by atoms with E-state index in [4.69, 9.17) is 15.3 Å². The number of nitrogens with zero attached hydrogens (tertiary/aromatic N) is 2. The normalized spacial score (nSPS) is 18.1. The lowest BCUT2D eigenvalue weighted by atomic mass is 10.2. The van der Waals surface area contributed by atoms with Gasteiger partial charge in [0, 0.05) is 45.7 Å². The Kier molecular flexibility index (Phi) is 6.54. The number of carbonyl (C=O) groups excluding carboxylic acids is 1. The van der Waals surface area contributed by atoms with Gasteiger partial charge in [-0.2, -0.15) is 0 Å². The van der Waals surface area contributed by atoms with Gasteiger partial charge in [-0.1, -0.05) is 0 Å². The molecule has 0 aromatic heterocycles. The molecule has 1 aliphatic heterocycles. The zero-order chi connectivity index (χ0) is 14.3. The summed E-state index contributed by atoms with van der Waals surface area (Å²) in [7, 11) is 0. The largest absolute Gasteiger partial charge is 0.479 e. The molecule has 8 heteroatoms. The third-order valence-corrected chi connectivity index (χ3v) is 3.05. The molecule has 4 N–H and O–H groups in total. The SMILES string of the molecule is O=C(O)C(O)CCNC(=O)N1CCN(CCO)CC1. The van der Waals surface area contributed by atoms with E-state index < -0.39 is 12.1 Å². The number of amides is 2. The third kappa shape index (κ3) is 5.41. The first-order valence-corrected chi connectivity index (χ1v) is 6.31. The fraction of sp³-hybridized carbons (Fsp3) is 0.818. The predicted octanol–water partition coefficient (Wildman–Crippen LogP) is -1.86. The average molecular weight is 275 g/mol. The molecule has 1 heterocycles. The number of nitrogens with one attached hydrogen (secondary N) is 1. The summed E-state index contributed by atoms with van der Waals surface area (Å²) in [4.78, 5) is 25.8. The van der Waals surface area contributed by atoms with Crippen LogP contribution in [0.4, 0.5) is 4.79 Å². The second-order valence-electron chi connectivity index (χ2n) is 4.43. The molecule has 1 atom stereocenters. The number of β-amino-alcohol motifs (C(OH)–C–C–N with tert-alkyl or cyclic N) is 1. The average Bonchev–Trinajstić information content (AvgIpc) is 2.39. The van der Waals surface area contributed by atoms with Gasteiger partial charge in [0.2, 0.25) is 0 Å². The molecule has 110 valence electrons. The van der Waals surface area contributed by atoms with Crippen LogP contribution in [0.5, 0.6) is 0 Å². The predicted molar refractivity (Wildman–Crippen MR) is 66.8 cm³/mol. The minimum atomic E-state index is -1.44. The van der Waals surface area contributed by atoms with E-state index in [2.05, 4.69) is 10.2 Å². The van der Waals surface area contributed by atoms with Crippen molar-refractivity contribution in [1.82, 2.24) is 15.1 Å². The van der Waals surface area contributed by atoms with Crippen LogP contribution in [0.25, 0.3) is 0 Å². The second-order valence-corrected chi connectivity index (χ2v) is 4.43. The molecule has 0 aromatic rings. The highest BCUT2D eigenvalue weighted by Crippen LogP contribution is 2.01. The minimum absolute atomic E-state index is 0.00838. The van der Waals surface area contributed by atoms with E-state index >= 15 is 0 Å². The summed E-state index contributed by atoms with van der Waals surface area (Å²) in [6.07, 6.45) is -1.45. The smallest absolute Gasteiger partial charge is 0.332 e. The van der Waals surface area contributed by atoms with Gasteiger partial charge >= 0.3 is 12.0 Å². The van der Waals surface area contributed by atoms with Crippen molar-refractivity contribution in [2.24, 2.45) is 0 Å². The van der Waals surface area contributed by atoms with Crippen molar-refractivity contribution in [3.8, 4) is 0 Å². The molecule has 0 spiro atoms. The lowest BCUT2D eigenvalue weighted by molar-refractivity contribution is -0.146. The van der Waals surface area contributed by atoms with Crippen LogP contribution in [0.1, 0.15) is 6.42 Å². The lowest BCUT2D eigenvalue weighted by Gasteiger charge is -2.34. The number of urea groups is 1. The van der Waals surface area contributed by atoms with E-state index in [1.807, 2.05) is 0 Å². The summed E-state index contributed by atoms with van der Waals surface area (Å²) in [6, 6.07) is -0.249. The number of carboxylic acids is 1. The molecule has 1 rings (SSSR count). The van der Waals surface area contributed by atoms with E-state index in [0.29, 0.717) is 32.7 Å². The summed E-state index contributed by atoms with van der Waals surface area (Å²) in [5.41, 5.74) is 0. The number of hydrogen-bond acceptors (Lipinski definition) is 5. The molecule has 0 bridgehead atoms. The molecule has 0 aliphatic carbocycles.